The van der Waals surface area contributed by atoms with Gasteiger partial charge in [-0.25, -0.2) is 19.4 Å². The zero-order valence-corrected chi connectivity index (χ0v) is 24.9. The maximum absolute atomic E-state index is 14.0. The standard InChI is InChI=1S/C32H38FN7O4/c1-3-32(41)37-25-18-26(29(42-2)19-28(25)39-10-7-24(8-11-39)38-12-15-43-16-13-38)36-30-20-31(35-21-34-30)40-27(9-14-44-40)22-5-4-6-23(33)17-22/h3-6,17-21,24,27H,1,7-16H2,2H3,(H,37,41)(H,34,35,36)/t27-/m1/s1. The number of nitrogens with zero attached hydrogens (tertiary/aromatic N) is 5. The molecule has 4 heterocycles. The summed E-state index contributed by atoms with van der Waals surface area (Å²) in [5.41, 5.74) is 2.96. The molecule has 1 atom stereocenters. The van der Waals surface area contributed by atoms with Crippen molar-refractivity contribution in [2.24, 2.45) is 0 Å². The molecule has 0 bridgehead atoms. The topological polar surface area (TPSA) is 104 Å². The molecule has 3 fully saturated rings. The van der Waals surface area contributed by atoms with E-state index in [1.165, 1.54) is 24.5 Å². The molecule has 1 aromatic heterocycles. The lowest BCUT2D eigenvalue weighted by molar-refractivity contribution is -0.111. The maximum Gasteiger partial charge on any atom is 0.247 e. The van der Waals surface area contributed by atoms with E-state index in [0.29, 0.717) is 47.8 Å². The van der Waals surface area contributed by atoms with Gasteiger partial charge in [-0.05, 0) is 42.7 Å². The minimum atomic E-state index is -0.301. The van der Waals surface area contributed by atoms with Crippen molar-refractivity contribution in [3.05, 3.63) is 72.8 Å². The zero-order chi connectivity index (χ0) is 30.5. The van der Waals surface area contributed by atoms with Crippen molar-refractivity contribution in [2.75, 3.05) is 73.7 Å². The van der Waals surface area contributed by atoms with E-state index in [1.54, 1.807) is 24.3 Å². The van der Waals surface area contributed by atoms with Crippen molar-refractivity contribution in [3.63, 3.8) is 0 Å². The summed E-state index contributed by atoms with van der Waals surface area (Å²) in [6, 6.07) is 12.4. The number of ether oxygens (including phenoxy) is 2. The molecule has 12 heteroatoms. The molecule has 3 aromatic rings. The number of amides is 1. The number of carbonyl (C=O) groups excluding carboxylic acids is 1. The Bertz CT molecular complexity index is 1480. The van der Waals surface area contributed by atoms with E-state index in [1.807, 2.05) is 18.2 Å². The van der Waals surface area contributed by atoms with Crippen LogP contribution < -0.4 is 25.3 Å². The number of halogens is 1. The Morgan fingerprint density at radius 2 is 1.86 bits per heavy atom. The summed E-state index contributed by atoms with van der Waals surface area (Å²) >= 11 is 0. The van der Waals surface area contributed by atoms with Crippen LogP contribution in [0.5, 0.6) is 5.75 Å². The van der Waals surface area contributed by atoms with Crippen LogP contribution in [-0.2, 0) is 14.4 Å². The average Bonchev–Trinajstić information content (AvgIpc) is 3.56. The van der Waals surface area contributed by atoms with Crippen LogP contribution in [0.1, 0.15) is 30.9 Å². The van der Waals surface area contributed by atoms with Crippen molar-refractivity contribution in [2.45, 2.75) is 31.3 Å². The number of piperidine rings is 1. The lowest BCUT2D eigenvalue weighted by Crippen LogP contribution is -2.49. The highest BCUT2D eigenvalue weighted by atomic mass is 19.1. The number of hydrogen-bond acceptors (Lipinski definition) is 10. The van der Waals surface area contributed by atoms with Crippen LogP contribution in [-0.4, -0.2) is 79.9 Å². The smallest absolute Gasteiger partial charge is 0.247 e. The van der Waals surface area contributed by atoms with Gasteiger partial charge in [0, 0.05) is 50.8 Å². The maximum atomic E-state index is 14.0. The highest BCUT2D eigenvalue weighted by Gasteiger charge is 2.30. The first-order chi connectivity index (χ1) is 21.5. The number of benzene rings is 2. The summed E-state index contributed by atoms with van der Waals surface area (Å²) in [4.78, 5) is 32.0. The van der Waals surface area contributed by atoms with Crippen LogP contribution >= 0.6 is 0 Å². The molecule has 44 heavy (non-hydrogen) atoms. The summed E-state index contributed by atoms with van der Waals surface area (Å²) in [6.07, 6.45) is 5.45. The normalized spacial score (nSPS) is 19.5. The van der Waals surface area contributed by atoms with Gasteiger partial charge in [-0.1, -0.05) is 18.7 Å². The zero-order valence-electron chi connectivity index (χ0n) is 24.9. The summed E-state index contributed by atoms with van der Waals surface area (Å²) in [5, 5.41) is 8.00. The minimum Gasteiger partial charge on any atom is -0.494 e. The molecule has 0 unspecified atom stereocenters. The van der Waals surface area contributed by atoms with Crippen LogP contribution in [0.15, 0.2) is 61.4 Å². The summed E-state index contributed by atoms with van der Waals surface area (Å²) in [5.74, 6) is 1.04. The second kappa shape index (κ2) is 13.6. The fraction of sp³-hybridized carbons (Fsp3) is 0.406. The second-order valence-electron chi connectivity index (χ2n) is 11.0. The molecule has 0 spiro atoms. The van der Waals surface area contributed by atoms with Gasteiger partial charge in [-0.15, -0.1) is 0 Å². The molecule has 2 aromatic carbocycles. The highest BCUT2D eigenvalue weighted by molar-refractivity contribution is 6.02. The SMILES string of the molecule is C=CC(=O)Nc1cc(Nc2cc(N3OCC[C@@H]3c3cccc(F)c3)ncn2)c(OC)cc1N1CCC(N2CCOCC2)CC1. The number of hydrogen-bond donors (Lipinski definition) is 2. The Morgan fingerprint density at radius 1 is 1.05 bits per heavy atom. The number of aromatic nitrogens is 2. The van der Waals surface area contributed by atoms with Gasteiger partial charge < -0.3 is 25.0 Å². The van der Waals surface area contributed by atoms with E-state index in [-0.39, 0.29) is 17.8 Å². The van der Waals surface area contributed by atoms with E-state index >= 15 is 0 Å². The molecule has 0 radical (unpaired) electrons. The van der Waals surface area contributed by atoms with E-state index < -0.39 is 0 Å². The Kier molecular flexibility index (Phi) is 9.20. The molecule has 3 saturated heterocycles. The molecule has 6 rings (SSSR count). The quantitative estimate of drug-likeness (QED) is 0.335. The van der Waals surface area contributed by atoms with Crippen LogP contribution in [0.3, 0.4) is 0 Å². The molecular weight excluding hydrogens is 565 g/mol. The molecule has 3 aliphatic rings. The molecule has 3 aliphatic heterocycles. The van der Waals surface area contributed by atoms with Gasteiger partial charge in [0.2, 0.25) is 5.91 Å². The number of methoxy groups -OCH3 is 1. The Balaban J connectivity index is 1.24. The largest absolute Gasteiger partial charge is 0.494 e. The van der Waals surface area contributed by atoms with E-state index in [9.17, 15) is 9.18 Å². The number of anilines is 5. The molecule has 0 saturated carbocycles. The fourth-order valence-corrected chi connectivity index (χ4v) is 6.18. The van der Waals surface area contributed by atoms with Gasteiger partial charge >= 0.3 is 0 Å². The Labute approximate surface area is 256 Å². The lowest BCUT2D eigenvalue weighted by Gasteiger charge is -2.41. The third-order valence-corrected chi connectivity index (χ3v) is 8.41. The molecule has 11 nitrogen and oxygen atoms in total. The monoisotopic (exact) mass is 603 g/mol. The van der Waals surface area contributed by atoms with Crippen molar-refractivity contribution in [1.29, 1.82) is 0 Å². The molecule has 0 aliphatic carbocycles. The summed E-state index contributed by atoms with van der Waals surface area (Å²) in [6.45, 7) is 9.34. The van der Waals surface area contributed by atoms with Crippen molar-refractivity contribution >= 4 is 34.6 Å². The van der Waals surface area contributed by atoms with Gasteiger partial charge in [0.25, 0.3) is 0 Å². The van der Waals surface area contributed by atoms with Gasteiger partial charge in [0.05, 0.1) is 50.0 Å². The Morgan fingerprint density at radius 3 is 2.61 bits per heavy atom. The number of morpholine rings is 1. The predicted octanol–water partition coefficient (Wildman–Crippen LogP) is 4.68. The molecule has 1 amide bonds. The van der Waals surface area contributed by atoms with Crippen LogP contribution in [0.25, 0.3) is 0 Å². The molecular formula is C32H38FN7O4. The minimum absolute atomic E-state index is 0.185. The first kappa shape index (κ1) is 29.8. The van der Waals surface area contributed by atoms with Gasteiger partial charge in [0.15, 0.2) is 5.82 Å². The Hall–Kier alpha value is -4.26. The average molecular weight is 604 g/mol. The lowest BCUT2D eigenvalue weighted by atomic mass is 10.0. The van der Waals surface area contributed by atoms with E-state index in [2.05, 4.69) is 37.0 Å². The van der Waals surface area contributed by atoms with Crippen LogP contribution in [0.2, 0.25) is 0 Å². The number of carbonyl (C=O) groups is 1. The third kappa shape index (κ3) is 6.62. The summed E-state index contributed by atoms with van der Waals surface area (Å²) in [7, 11) is 1.62. The van der Waals surface area contributed by atoms with Gasteiger partial charge in [-0.2, -0.15) is 0 Å². The van der Waals surface area contributed by atoms with Crippen molar-refractivity contribution in [1.82, 2.24) is 14.9 Å². The predicted molar refractivity (Wildman–Crippen MR) is 167 cm³/mol. The second-order valence-corrected chi connectivity index (χ2v) is 11.0. The molecule has 2 N–H and O–H groups in total. The van der Waals surface area contributed by atoms with Gasteiger partial charge in [-0.3, -0.25) is 14.5 Å². The van der Waals surface area contributed by atoms with E-state index in [0.717, 1.165) is 63.5 Å². The highest BCUT2D eigenvalue weighted by Crippen LogP contribution is 2.40. The van der Waals surface area contributed by atoms with Crippen molar-refractivity contribution < 1.29 is 23.5 Å². The van der Waals surface area contributed by atoms with Gasteiger partial charge in [0.1, 0.15) is 23.7 Å². The van der Waals surface area contributed by atoms with Crippen molar-refractivity contribution in [3.8, 4) is 5.75 Å². The number of hydroxylamine groups is 1. The number of nitrogens with one attached hydrogen (secondary N) is 2. The fourth-order valence-electron chi connectivity index (χ4n) is 6.18. The first-order valence-corrected chi connectivity index (χ1v) is 15.0. The van der Waals surface area contributed by atoms with Crippen LogP contribution in [0.4, 0.5) is 33.1 Å². The third-order valence-electron chi connectivity index (χ3n) is 8.41. The summed E-state index contributed by atoms with van der Waals surface area (Å²) < 4.78 is 25.3. The first-order valence-electron chi connectivity index (χ1n) is 15.0. The van der Waals surface area contributed by atoms with Crippen LogP contribution in [0, 0.1) is 5.82 Å². The number of rotatable bonds is 9. The van der Waals surface area contributed by atoms with E-state index in [4.69, 9.17) is 14.3 Å². The molecule has 232 valence electrons.